The third kappa shape index (κ3) is 3.69. The minimum Gasteiger partial charge on any atom is -0.326 e. The number of hydrogen-bond acceptors (Lipinski definition) is 3. The molecule has 1 amide bonds. The number of aromatic amines is 1. The van der Waals surface area contributed by atoms with Crippen molar-refractivity contribution in [3.63, 3.8) is 0 Å². The van der Waals surface area contributed by atoms with Crippen LogP contribution in [0.15, 0.2) is 52.1 Å². The van der Waals surface area contributed by atoms with Crippen molar-refractivity contribution in [1.29, 1.82) is 0 Å². The van der Waals surface area contributed by atoms with Crippen LogP contribution in [0.25, 0.3) is 10.9 Å². The second-order valence-electron chi connectivity index (χ2n) is 5.71. The first-order valence-corrected chi connectivity index (χ1v) is 7.92. The van der Waals surface area contributed by atoms with Crippen LogP contribution in [-0.2, 0) is 11.3 Å². The summed E-state index contributed by atoms with van der Waals surface area (Å²) in [7, 11) is 0. The number of nitrogens with zero attached hydrogens (tertiary/aromatic N) is 1. The third-order valence-electron chi connectivity index (χ3n) is 3.88. The summed E-state index contributed by atoms with van der Waals surface area (Å²) in [5.74, 6) is -2.49. The van der Waals surface area contributed by atoms with E-state index < -0.39 is 28.8 Å². The number of rotatable bonds is 5. The van der Waals surface area contributed by atoms with Crippen molar-refractivity contribution in [2.75, 3.05) is 5.32 Å². The predicted molar refractivity (Wildman–Crippen MR) is 93.1 cm³/mol. The lowest BCUT2D eigenvalue weighted by Crippen LogP contribution is -2.35. The van der Waals surface area contributed by atoms with Crippen LogP contribution in [0.2, 0.25) is 0 Å². The number of fused-ring (bicyclic) bond motifs is 1. The number of H-pyrrole nitrogens is 1. The van der Waals surface area contributed by atoms with E-state index in [4.69, 9.17) is 0 Å². The molecule has 0 unspecified atom stereocenters. The Labute approximate surface area is 146 Å². The maximum Gasteiger partial charge on any atom is 0.328 e. The summed E-state index contributed by atoms with van der Waals surface area (Å²) in [6.45, 7) is 0.0597. The zero-order chi connectivity index (χ0) is 18.7. The highest BCUT2D eigenvalue weighted by molar-refractivity contribution is 5.90. The first kappa shape index (κ1) is 17.5. The van der Waals surface area contributed by atoms with Crippen molar-refractivity contribution in [1.82, 2.24) is 9.55 Å². The van der Waals surface area contributed by atoms with Crippen LogP contribution in [0.5, 0.6) is 0 Å². The van der Waals surface area contributed by atoms with Gasteiger partial charge in [0.2, 0.25) is 5.91 Å². The highest BCUT2D eigenvalue weighted by Crippen LogP contribution is 2.13. The van der Waals surface area contributed by atoms with Crippen LogP contribution in [0.3, 0.4) is 0 Å². The van der Waals surface area contributed by atoms with Crippen molar-refractivity contribution < 1.29 is 13.6 Å². The number of para-hydroxylation sites is 1. The van der Waals surface area contributed by atoms with E-state index in [0.717, 1.165) is 16.7 Å². The molecule has 0 spiro atoms. The average Bonchev–Trinajstić information content (AvgIpc) is 2.61. The monoisotopic (exact) mass is 359 g/mol. The Morgan fingerprint density at radius 1 is 1.08 bits per heavy atom. The van der Waals surface area contributed by atoms with Gasteiger partial charge < -0.3 is 10.3 Å². The topological polar surface area (TPSA) is 84.0 Å². The molecule has 0 saturated heterocycles. The van der Waals surface area contributed by atoms with Crippen LogP contribution in [0.1, 0.15) is 12.8 Å². The van der Waals surface area contributed by atoms with Gasteiger partial charge in [-0.2, -0.15) is 0 Å². The predicted octanol–water partition coefficient (Wildman–Crippen LogP) is 2.39. The highest BCUT2D eigenvalue weighted by Gasteiger charge is 2.09. The number of aromatic nitrogens is 2. The van der Waals surface area contributed by atoms with Gasteiger partial charge in [0, 0.05) is 24.7 Å². The normalized spacial score (nSPS) is 10.8. The molecular weight excluding hydrogens is 344 g/mol. The first-order chi connectivity index (χ1) is 12.5. The fraction of sp³-hybridized carbons (Fsp3) is 0.167. The van der Waals surface area contributed by atoms with E-state index in [2.05, 4.69) is 10.3 Å². The number of nitrogens with one attached hydrogen (secondary N) is 2. The van der Waals surface area contributed by atoms with Crippen LogP contribution in [-0.4, -0.2) is 15.5 Å². The quantitative estimate of drug-likeness (QED) is 0.734. The summed E-state index contributed by atoms with van der Waals surface area (Å²) < 4.78 is 27.0. The van der Waals surface area contributed by atoms with Crippen LogP contribution >= 0.6 is 0 Å². The fourth-order valence-corrected chi connectivity index (χ4v) is 2.60. The number of halogens is 2. The molecule has 1 aromatic heterocycles. The smallest absolute Gasteiger partial charge is 0.326 e. The standard InChI is InChI=1S/C18H15F2N3O3/c19-13-8-7-11(10-14(13)20)21-16(24)6-3-9-23-17(25)12-4-1-2-5-15(12)22-18(23)26/h1-2,4-5,7-8,10H,3,6,9H2,(H,21,24)(H,22,26). The molecule has 0 atom stereocenters. The van der Waals surface area contributed by atoms with Crippen molar-refractivity contribution in [2.45, 2.75) is 19.4 Å². The van der Waals surface area contributed by atoms with Crippen LogP contribution in [0.4, 0.5) is 14.5 Å². The summed E-state index contributed by atoms with van der Waals surface area (Å²) >= 11 is 0. The van der Waals surface area contributed by atoms with E-state index in [-0.39, 0.29) is 25.1 Å². The lowest BCUT2D eigenvalue weighted by Gasteiger charge is -2.07. The van der Waals surface area contributed by atoms with Gasteiger partial charge >= 0.3 is 5.69 Å². The van der Waals surface area contributed by atoms with E-state index in [0.29, 0.717) is 10.9 Å². The van der Waals surface area contributed by atoms with Crippen molar-refractivity contribution in [3.05, 3.63) is 74.9 Å². The molecule has 0 bridgehead atoms. The fourth-order valence-electron chi connectivity index (χ4n) is 2.60. The van der Waals surface area contributed by atoms with Crippen molar-refractivity contribution in [3.8, 4) is 0 Å². The third-order valence-corrected chi connectivity index (χ3v) is 3.88. The first-order valence-electron chi connectivity index (χ1n) is 7.92. The lowest BCUT2D eigenvalue weighted by molar-refractivity contribution is -0.116. The average molecular weight is 359 g/mol. The van der Waals surface area contributed by atoms with Crippen molar-refractivity contribution >= 4 is 22.5 Å². The van der Waals surface area contributed by atoms with E-state index in [1.54, 1.807) is 24.3 Å². The molecule has 134 valence electrons. The number of benzene rings is 2. The van der Waals surface area contributed by atoms with Gasteiger partial charge in [0.1, 0.15) is 0 Å². The molecule has 8 heteroatoms. The molecule has 1 heterocycles. The molecule has 26 heavy (non-hydrogen) atoms. The van der Waals surface area contributed by atoms with Gasteiger partial charge in [-0.05, 0) is 30.7 Å². The number of anilines is 1. The SMILES string of the molecule is O=C(CCCn1c(=O)[nH]c2ccccc2c1=O)Nc1ccc(F)c(F)c1. The van der Waals surface area contributed by atoms with E-state index in [1.165, 1.54) is 6.07 Å². The zero-order valence-electron chi connectivity index (χ0n) is 13.6. The molecule has 0 aliphatic heterocycles. The summed E-state index contributed by atoms with van der Waals surface area (Å²) in [6.07, 6.45) is 0.245. The number of carbonyl (C=O) groups excluding carboxylic acids is 1. The maximum atomic E-state index is 13.1. The Hall–Kier alpha value is -3.29. The lowest BCUT2D eigenvalue weighted by atomic mass is 10.2. The molecule has 6 nitrogen and oxygen atoms in total. The van der Waals surface area contributed by atoms with E-state index in [9.17, 15) is 23.2 Å². The molecule has 0 fully saturated rings. The van der Waals surface area contributed by atoms with Gasteiger partial charge in [-0.25, -0.2) is 13.6 Å². The van der Waals surface area contributed by atoms with Gasteiger partial charge in [0.05, 0.1) is 10.9 Å². The summed E-state index contributed by atoms with van der Waals surface area (Å²) in [5.41, 5.74) is -0.385. The minimum atomic E-state index is -1.06. The molecule has 3 rings (SSSR count). The number of carbonyl (C=O) groups is 1. The molecule has 0 radical (unpaired) electrons. The molecule has 2 N–H and O–H groups in total. The second-order valence-corrected chi connectivity index (χ2v) is 5.71. The van der Waals surface area contributed by atoms with E-state index >= 15 is 0 Å². The largest absolute Gasteiger partial charge is 0.328 e. The molecule has 0 saturated carbocycles. The number of hydrogen-bond donors (Lipinski definition) is 2. The molecular formula is C18H15F2N3O3. The highest BCUT2D eigenvalue weighted by atomic mass is 19.2. The Morgan fingerprint density at radius 3 is 2.62 bits per heavy atom. The molecule has 0 aliphatic rings. The van der Waals surface area contributed by atoms with Gasteiger partial charge in [-0.3, -0.25) is 14.2 Å². The van der Waals surface area contributed by atoms with Gasteiger partial charge in [-0.1, -0.05) is 12.1 Å². The van der Waals surface area contributed by atoms with Gasteiger partial charge in [-0.15, -0.1) is 0 Å². The number of amides is 1. The Bertz CT molecular complexity index is 1090. The Morgan fingerprint density at radius 2 is 1.85 bits per heavy atom. The van der Waals surface area contributed by atoms with Gasteiger partial charge in [0.25, 0.3) is 5.56 Å². The minimum absolute atomic E-state index is 0.0116. The Balaban J connectivity index is 1.65. The summed E-state index contributed by atoms with van der Waals surface area (Å²) in [5, 5.41) is 2.82. The molecule has 2 aromatic carbocycles. The van der Waals surface area contributed by atoms with Gasteiger partial charge in [0.15, 0.2) is 11.6 Å². The maximum absolute atomic E-state index is 13.1. The summed E-state index contributed by atoms with van der Waals surface area (Å²) in [4.78, 5) is 38.9. The van der Waals surface area contributed by atoms with Crippen LogP contribution in [0, 0.1) is 11.6 Å². The Kier molecular flexibility index (Phi) is 4.92. The van der Waals surface area contributed by atoms with E-state index in [1.807, 2.05) is 0 Å². The second kappa shape index (κ2) is 7.30. The van der Waals surface area contributed by atoms with Crippen LogP contribution < -0.4 is 16.6 Å². The zero-order valence-corrected chi connectivity index (χ0v) is 13.6. The molecule has 3 aromatic rings. The van der Waals surface area contributed by atoms with Crippen molar-refractivity contribution in [2.24, 2.45) is 0 Å². The summed E-state index contributed by atoms with van der Waals surface area (Å²) in [6, 6.07) is 9.70. The molecule has 0 aliphatic carbocycles.